The van der Waals surface area contributed by atoms with Crippen molar-refractivity contribution in [1.82, 2.24) is 10.2 Å². The van der Waals surface area contributed by atoms with Crippen LogP contribution in [0.5, 0.6) is 5.75 Å². The molecule has 2 aromatic rings. The van der Waals surface area contributed by atoms with Crippen LogP contribution >= 0.6 is 0 Å². The molecule has 0 saturated heterocycles. The maximum Gasteiger partial charge on any atom is 0.259 e. The van der Waals surface area contributed by atoms with Crippen molar-refractivity contribution >= 4 is 11.9 Å². The summed E-state index contributed by atoms with van der Waals surface area (Å²) in [5.74, 6) is 0.971. The number of likely N-dealkylation sites (N-methyl/N-ethyl adjacent to an activating group) is 1. The van der Waals surface area contributed by atoms with Gasteiger partial charge in [-0.25, -0.2) is 4.99 Å². The number of nitrogens with one attached hydrogen (secondary N) is 1. The fourth-order valence-corrected chi connectivity index (χ4v) is 2.22. The van der Waals surface area contributed by atoms with Gasteiger partial charge in [-0.1, -0.05) is 42.5 Å². The predicted molar refractivity (Wildman–Crippen MR) is 104 cm³/mol. The number of carbonyl (C=O) groups excluding carboxylic acids is 1. The summed E-state index contributed by atoms with van der Waals surface area (Å²) in [7, 11) is 3.40. The second kappa shape index (κ2) is 10.1. The molecular formula is C20H26N4O2. The lowest BCUT2D eigenvalue weighted by atomic mass is 10.1. The predicted octanol–water partition coefficient (Wildman–Crippen LogP) is 1.80. The Kier molecular flexibility index (Phi) is 7.49. The van der Waals surface area contributed by atoms with Gasteiger partial charge < -0.3 is 20.7 Å². The third kappa shape index (κ3) is 6.84. The average molecular weight is 354 g/mol. The number of hydrogen-bond donors (Lipinski definition) is 2. The molecule has 0 unspecified atom stereocenters. The van der Waals surface area contributed by atoms with Crippen LogP contribution in [0.4, 0.5) is 0 Å². The molecule has 2 aromatic carbocycles. The number of guanidine groups is 1. The summed E-state index contributed by atoms with van der Waals surface area (Å²) in [5, 5.41) is 3.11. The van der Waals surface area contributed by atoms with Gasteiger partial charge in [0.15, 0.2) is 12.6 Å². The van der Waals surface area contributed by atoms with Crippen molar-refractivity contribution < 1.29 is 9.53 Å². The monoisotopic (exact) mass is 354 g/mol. The molecule has 6 heteroatoms. The number of hydrogen-bond acceptors (Lipinski definition) is 3. The van der Waals surface area contributed by atoms with E-state index in [4.69, 9.17) is 10.5 Å². The highest BCUT2D eigenvalue weighted by atomic mass is 16.5. The molecule has 0 aromatic heterocycles. The quantitative estimate of drug-likeness (QED) is 0.560. The van der Waals surface area contributed by atoms with Crippen molar-refractivity contribution in [1.29, 1.82) is 0 Å². The van der Waals surface area contributed by atoms with E-state index in [1.54, 1.807) is 14.1 Å². The summed E-state index contributed by atoms with van der Waals surface area (Å²) >= 11 is 0. The van der Waals surface area contributed by atoms with Crippen molar-refractivity contribution in [3.8, 4) is 5.75 Å². The molecule has 26 heavy (non-hydrogen) atoms. The van der Waals surface area contributed by atoms with Crippen LogP contribution in [0, 0.1) is 0 Å². The van der Waals surface area contributed by atoms with Crippen molar-refractivity contribution in [3.05, 3.63) is 65.7 Å². The minimum Gasteiger partial charge on any atom is -0.484 e. The standard InChI is InChI=1S/C20H26N4O2/c1-24(2)19(25)15-26-18-10-6-9-17(13-18)14-23-20(21)22-12-11-16-7-4-3-5-8-16/h3-10,13H,11-12,14-15H2,1-2H3,(H3,21,22,23). The molecular weight excluding hydrogens is 328 g/mol. The van der Waals surface area contributed by atoms with Crippen LogP contribution in [0.25, 0.3) is 0 Å². The molecule has 0 saturated carbocycles. The molecule has 2 rings (SSSR count). The first-order valence-electron chi connectivity index (χ1n) is 8.54. The fourth-order valence-electron chi connectivity index (χ4n) is 2.22. The summed E-state index contributed by atoms with van der Waals surface area (Å²) in [6.45, 7) is 1.20. The Hall–Kier alpha value is -3.02. The molecule has 0 spiro atoms. The van der Waals surface area contributed by atoms with E-state index in [2.05, 4.69) is 22.4 Å². The first kappa shape index (κ1) is 19.3. The minimum atomic E-state index is -0.0831. The van der Waals surface area contributed by atoms with Gasteiger partial charge in [-0.3, -0.25) is 4.79 Å². The van der Waals surface area contributed by atoms with Crippen molar-refractivity contribution in [3.63, 3.8) is 0 Å². The molecule has 0 bridgehead atoms. The zero-order valence-electron chi connectivity index (χ0n) is 15.3. The Morgan fingerprint density at radius 3 is 2.58 bits per heavy atom. The van der Waals surface area contributed by atoms with Gasteiger partial charge in [-0.2, -0.15) is 0 Å². The first-order chi connectivity index (χ1) is 12.5. The largest absolute Gasteiger partial charge is 0.484 e. The second-order valence-corrected chi connectivity index (χ2v) is 6.09. The van der Waals surface area contributed by atoms with Crippen LogP contribution in [0.3, 0.4) is 0 Å². The molecule has 0 radical (unpaired) electrons. The van der Waals surface area contributed by atoms with Crippen molar-refractivity contribution in [2.45, 2.75) is 13.0 Å². The van der Waals surface area contributed by atoms with Gasteiger partial charge in [-0.05, 0) is 29.7 Å². The Balaban J connectivity index is 1.79. The zero-order valence-corrected chi connectivity index (χ0v) is 15.3. The Labute approximate surface area is 154 Å². The minimum absolute atomic E-state index is 0.0168. The number of ether oxygens (including phenoxy) is 1. The van der Waals surface area contributed by atoms with E-state index in [1.165, 1.54) is 10.5 Å². The Morgan fingerprint density at radius 2 is 1.85 bits per heavy atom. The molecule has 0 fully saturated rings. The van der Waals surface area contributed by atoms with E-state index in [-0.39, 0.29) is 12.5 Å². The fraction of sp³-hybridized carbons (Fsp3) is 0.300. The maximum atomic E-state index is 11.6. The van der Waals surface area contributed by atoms with Crippen LogP contribution in [-0.2, 0) is 17.8 Å². The van der Waals surface area contributed by atoms with Crippen LogP contribution in [0.2, 0.25) is 0 Å². The van der Waals surface area contributed by atoms with Crippen LogP contribution in [0.15, 0.2) is 59.6 Å². The number of carbonyl (C=O) groups is 1. The summed E-state index contributed by atoms with van der Waals surface area (Å²) in [4.78, 5) is 17.4. The number of aliphatic imine (C=N–C) groups is 1. The van der Waals surface area contributed by atoms with Gasteiger partial charge in [0.2, 0.25) is 0 Å². The number of nitrogens with two attached hydrogens (primary N) is 1. The normalized spacial score (nSPS) is 11.1. The topological polar surface area (TPSA) is 80.0 Å². The smallest absolute Gasteiger partial charge is 0.259 e. The lowest BCUT2D eigenvalue weighted by Crippen LogP contribution is -2.33. The van der Waals surface area contributed by atoms with E-state index in [1.807, 2.05) is 42.5 Å². The first-order valence-corrected chi connectivity index (χ1v) is 8.54. The summed E-state index contributed by atoms with van der Waals surface area (Å²) in [5.41, 5.74) is 8.13. The summed E-state index contributed by atoms with van der Waals surface area (Å²) in [6.07, 6.45) is 0.889. The number of benzene rings is 2. The third-order valence-electron chi connectivity index (χ3n) is 3.75. The zero-order chi connectivity index (χ0) is 18.8. The molecule has 138 valence electrons. The van der Waals surface area contributed by atoms with E-state index >= 15 is 0 Å². The van der Waals surface area contributed by atoms with Crippen molar-refractivity contribution in [2.24, 2.45) is 10.7 Å². The van der Waals surface area contributed by atoms with E-state index in [0.29, 0.717) is 18.3 Å². The number of amides is 1. The summed E-state index contributed by atoms with van der Waals surface area (Å²) in [6, 6.07) is 17.7. The van der Waals surface area contributed by atoms with Gasteiger partial charge in [0, 0.05) is 20.6 Å². The highest BCUT2D eigenvalue weighted by Crippen LogP contribution is 2.14. The van der Waals surface area contributed by atoms with Gasteiger partial charge in [0.05, 0.1) is 6.54 Å². The number of nitrogens with zero attached hydrogens (tertiary/aromatic N) is 2. The highest BCUT2D eigenvalue weighted by Gasteiger charge is 2.05. The van der Waals surface area contributed by atoms with Crippen LogP contribution in [0.1, 0.15) is 11.1 Å². The van der Waals surface area contributed by atoms with Gasteiger partial charge in [0.25, 0.3) is 5.91 Å². The van der Waals surface area contributed by atoms with Gasteiger partial charge in [-0.15, -0.1) is 0 Å². The molecule has 3 N–H and O–H groups in total. The Morgan fingerprint density at radius 1 is 1.12 bits per heavy atom. The highest BCUT2D eigenvalue weighted by molar-refractivity contribution is 5.78. The molecule has 0 atom stereocenters. The SMILES string of the molecule is CN(C)C(=O)COc1cccc(CN=C(N)NCCc2ccccc2)c1. The molecule has 0 heterocycles. The second-order valence-electron chi connectivity index (χ2n) is 6.09. The van der Waals surface area contributed by atoms with E-state index < -0.39 is 0 Å². The molecule has 0 aliphatic rings. The van der Waals surface area contributed by atoms with Crippen LogP contribution in [-0.4, -0.2) is 44.0 Å². The summed E-state index contributed by atoms with van der Waals surface area (Å²) < 4.78 is 5.50. The Bertz CT molecular complexity index is 730. The number of rotatable bonds is 8. The lowest BCUT2D eigenvalue weighted by Gasteiger charge is -2.11. The average Bonchev–Trinajstić information content (AvgIpc) is 2.65. The molecule has 6 nitrogen and oxygen atoms in total. The molecule has 0 aliphatic heterocycles. The van der Waals surface area contributed by atoms with E-state index in [9.17, 15) is 4.79 Å². The van der Waals surface area contributed by atoms with Crippen molar-refractivity contribution in [2.75, 3.05) is 27.2 Å². The van der Waals surface area contributed by atoms with Gasteiger partial charge in [0.1, 0.15) is 5.75 Å². The van der Waals surface area contributed by atoms with E-state index in [0.717, 1.165) is 18.5 Å². The molecule has 1 amide bonds. The van der Waals surface area contributed by atoms with Gasteiger partial charge >= 0.3 is 0 Å². The maximum absolute atomic E-state index is 11.6. The van der Waals surface area contributed by atoms with Crippen LogP contribution < -0.4 is 15.8 Å². The lowest BCUT2D eigenvalue weighted by molar-refractivity contribution is -0.130. The third-order valence-corrected chi connectivity index (χ3v) is 3.75. The molecule has 0 aliphatic carbocycles.